The maximum atomic E-state index is 12.1. The maximum absolute atomic E-state index is 12.1. The number of nitrogens with one attached hydrogen (secondary N) is 1. The Bertz CT molecular complexity index is 746. The van der Waals surface area contributed by atoms with Crippen LogP contribution in [0, 0.1) is 10.1 Å². The monoisotopic (exact) mass is 330 g/mol. The Morgan fingerprint density at radius 1 is 1.08 bits per heavy atom. The smallest absolute Gasteiger partial charge is 0.273 e. The van der Waals surface area contributed by atoms with Crippen LogP contribution in [0.3, 0.4) is 0 Å². The molecule has 0 atom stereocenters. The van der Waals surface area contributed by atoms with E-state index in [4.69, 9.17) is 9.47 Å². The van der Waals surface area contributed by atoms with Gasteiger partial charge in [-0.05, 0) is 6.07 Å². The highest BCUT2D eigenvalue weighted by Crippen LogP contribution is 2.30. The number of rotatable bonds is 7. The molecule has 2 aromatic rings. The van der Waals surface area contributed by atoms with Gasteiger partial charge in [-0.15, -0.1) is 0 Å². The fourth-order valence-electron chi connectivity index (χ4n) is 2.36. The third kappa shape index (κ3) is 4.01. The van der Waals surface area contributed by atoms with Gasteiger partial charge in [0.1, 0.15) is 0 Å². The van der Waals surface area contributed by atoms with Gasteiger partial charge in [0.05, 0.1) is 25.6 Å². The Hall–Kier alpha value is -3.09. The molecule has 0 heterocycles. The Labute approximate surface area is 139 Å². The van der Waals surface area contributed by atoms with Gasteiger partial charge in [0, 0.05) is 23.7 Å². The fraction of sp³-hybridized carbons (Fsp3) is 0.235. The van der Waals surface area contributed by atoms with Crippen molar-refractivity contribution < 1.29 is 19.2 Å². The highest BCUT2D eigenvalue weighted by atomic mass is 16.6. The van der Waals surface area contributed by atoms with Gasteiger partial charge in [-0.2, -0.15) is 0 Å². The summed E-state index contributed by atoms with van der Waals surface area (Å²) >= 11 is 0. The minimum Gasteiger partial charge on any atom is -0.493 e. The van der Waals surface area contributed by atoms with Gasteiger partial charge in [-0.3, -0.25) is 14.9 Å². The summed E-state index contributed by atoms with van der Waals surface area (Å²) < 4.78 is 10.5. The molecule has 24 heavy (non-hydrogen) atoms. The molecular weight excluding hydrogens is 312 g/mol. The van der Waals surface area contributed by atoms with Crippen molar-refractivity contribution in [1.82, 2.24) is 5.32 Å². The molecule has 0 saturated heterocycles. The van der Waals surface area contributed by atoms with E-state index in [1.807, 2.05) is 6.07 Å². The number of para-hydroxylation sites is 2. The van der Waals surface area contributed by atoms with Crippen LogP contribution in [0.4, 0.5) is 5.69 Å². The van der Waals surface area contributed by atoms with E-state index in [1.54, 1.807) is 30.3 Å². The molecule has 0 fully saturated rings. The number of carbonyl (C=O) groups is 1. The summed E-state index contributed by atoms with van der Waals surface area (Å²) in [5.41, 5.74) is 1.07. The van der Waals surface area contributed by atoms with Crippen LogP contribution in [0.2, 0.25) is 0 Å². The molecule has 2 rings (SSSR count). The summed E-state index contributed by atoms with van der Waals surface area (Å²) in [5.74, 6) is 0.808. The van der Waals surface area contributed by atoms with Crippen molar-refractivity contribution in [3.05, 3.63) is 63.7 Å². The lowest BCUT2D eigenvalue weighted by molar-refractivity contribution is -0.385. The molecular formula is C17H18N2O5. The number of hydrogen-bond donors (Lipinski definition) is 1. The zero-order chi connectivity index (χ0) is 17.5. The molecule has 0 radical (unpaired) electrons. The molecule has 0 aromatic heterocycles. The normalized spacial score (nSPS) is 10.1. The number of methoxy groups -OCH3 is 2. The Balaban J connectivity index is 2.06. The first-order valence-corrected chi connectivity index (χ1v) is 7.25. The fourth-order valence-corrected chi connectivity index (χ4v) is 2.36. The first kappa shape index (κ1) is 17.3. The molecule has 7 heteroatoms. The molecule has 0 unspecified atom stereocenters. The van der Waals surface area contributed by atoms with Gasteiger partial charge >= 0.3 is 0 Å². The van der Waals surface area contributed by atoms with Crippen LogP contribution in [0.15, 0.2) is 42.5 Å². The first-order valence-electron chi connectivity index (χ1n) is 7.25. The van der Waals surface area contributed by atoms with E-state index in [1.165, 1.54) is 20.3 Å². The second-order valence-corrected chi connectivity index (χ2v) is 4.99. The van der Waals surface area contributed by atoms with Gasteiger partial charge < -0.3 is 14.8 Å². The molecule has 2 aromatic carbocycles. The van der Waals surface area contributed by atoms with Crippen molar-refractivity contribution in [2.45, 2.75) is 13.0 Å². The number of nitro groups is 1. The summed E-state index contributed by atoms with van der Waals surface area (Å²) in [6.45, 7) is 0.236. The molecule has 0 bridgehead atoms. The van der Waals surface area contributed by atoms with Crippen LogP contribution < -0.4 is 14.8 Å². The van der Waals surface area contributed by atoms with E-state index in [2.05, 4.69) is 5.32 Å². The van der Waals surface area contributed by atoms with Crippen molar-refractivity contribution >= 4 is 11.6 Å². The topological polar surface area (TPSA) is 90.7 Å². The third-order valence-corrected chi connectivity index (χ3v) is 3.50. The lowest BCUT2D eigenvalue weighted by Crippen LogP contribution is -2.25. The van der Waals surface area contributed by atoms with Crippen LogP contribution >= 0.6 is 0 Å². The van der Waals surface area contributed by atoms with Crippen molar-refractivity contribution in [3.63, 3.8) is 0 Å². The number of carbonyl (C=O) groups excluding carboxylic acids is 1. The van der Waals surface area contributed by atoms with Gasteiger partial charge in [-0.25, -0.2) is 0 Å². The second-order valence-electron chi connectivity index (χ2n) is 4.99. The quantitative estimate of drug-likeness (QED) is 0.622. The van der Waals surface area contributed by atoms with Crippen LogP contribution in [0.25, 0.3) is 0 Å². The molecule has 1 amide bonds. The highest BCUT2D eigenvalue weighted by molar-refractivity contribution is 5.79. The minimum absolute atomic E-state index is 0.0633. The molecule has 0 aliphatic carbocycles. The molecule has 126 valence electrons. The lowest BCUT2D eigenvalue weighted by Gasteiger charge is -2.13. The number of hydrogen-bond acceptors (Lipinski definition) is 5. The van der Waals surface area contributed by atoms with Crippen molar-refractivity contribution in [2.75, 3.05) is 14.2 Å². The molecule has 0 aliphatic rings. The Kier molecular flexibility index (Phi) is 5.73. The van der Waals surface area contributed by atoms with Gasteiger partial charge in [0.15, 0.2) is 11.5 Å². The average Bonchev–Trinajstić information content (AvgIpc) is 2.59. The SMILES string of the molecule is COc1cccc(CNC(=O)Cc2ccccc2[N+](=O)[O-])c1OC. The van der Waals surface area contributed by atoms with E-state index in [9.17, 15) is 14.9 Å². The zero-order valence-corrected chi connectivity index (χ0v) is 13.4. The third-order valence-electron chi connectivity index (χ3n) is 3.50. The summed E-state index contributed by atoms with van der Waals surface area (Å²) in [5, 5.41) is 13.7. The van der Waals surface area contributed by atoms with E-state index < -0.39 is 4.92 Å². The maximum Gasteiger partial charge on any atom is 0.273 e. The van der Waals surface area contributed by atoms with Gasteiger partial charge in [0.25, 0.3) is 5.69 Å². The van der Waals surface area contributed by atoms with Crippen molar-refractivity contribution in [1.29, 1.82) is 0 Å². The number of ether oxygens (including phenoxy) is 2. The summed E-state index contributed by atoms with van der Waals surface area (Å²) in [7, 11) is 3.06. The van der Waals surface area contributed by atoms with Crippen molar-refractivity contribution in [3.8, 4) is 11.5 Å². The van der Waals surface area contributed by atoms with Crippen LogP contribution in [0.1, 0.15) is 11.1 Å². The van der Waals surface area contributed by atoms with E-state index in [0.29, 0.717) is 17.1 Å². The summed E-state index contributed by atoms with van der Waals surface area (Å²) in [6.07, 6.45) is -0.0660. The molecule has 0 spiro atoms. The predicted octanol–water partition coefficient (Wildman–Crippen LogP) is 2.47. The summed E-state index contributed by atoms with van der Waals surface area (Å²) in [4.78, 5) is 22.6. The van der Waals surface area contributed by atoms with E-state index in [0.717, 1.165) is 5.56 Å². The number of nitrogens with zero attached hydrogens (tertiary/aromatic N) is 1. The summed E-state index contributed by atoms with van der Waals surface area (Å²) in [6, 6.07) is 11.6. The molecule has 7 nitrogen and oxygen atoms in total. The minimum atomic E-state index is -0.492. The number of benzene rings is 2. The highest BCUT2D eigenvalue weighted by Gasteiger charge is 2.16. The average molecular weight is 330 g/mol. The van der Waals surface area contributed by atoms with Gasteiger partial charge in [0.2, 0.25) is 5.91 Å². The molecule has 0 aliphatic heterocycles. The van der Waals surface area contributed by atoms with E-state index in [-0.39, 0.29) is 24.6 Å². The molecule has 1 N–H and O–H groups in total. The Morgan fingerprint density at radius 3 is 2.46 bits per heavy atom. The van der Waals surface area contributed by atoms with E-state index >= 15 is 0 Å². The zero-order valence-electron chi connectivity index (χ0n) is 13.4. The van der Waals surface area contributed by atoms with Crippen molar-refractivity contribution in [2.24, 2.45) is 0 Å². The first-order chi connectivity index (χ1) is 11.6. The van der Waals surface area contributed by atoms with Crippen LogP contribution in [-0.2, 0) is 17.8 Å². The van der Waals surface area contributed by atoms with Crippen LogP contribution in [0.5, 0.6) is 11.5 Å². The second kappa shape index (κ2) is 7.96. The molecule has 0 saturated carbocycles. The predicted molar refractivity (Wildman–Crippen MR) is 88.2 cm³/mol. The largest absolute Gasteiger partial charge is 0.493 e. The number of amides is 1. The Morgan fingerprint density at radius 2 is 1.79 bits per heavy atom. The van der Waals surface area contributed by atoms with Gasteiger partial charge in [-0.1, -0.05) is 30.3 Å². The standard InChI is InChI=1S/C17H18N2O5/c1-23-15-9-5-7-13(17(15)24-2)11-18-16(20)10-12-6-3-4-8-14(12)19(21)22/h3-9H,10-11H2,1-2H3,(H,18,20). The van der Waals surface area contributed by atoms with Crippen LogP contribution in [-0.4, -0.2) is 25.1 Å². The number of nitro benzene ring substituents is 1. The lowest BCUT2D eigenvalue weighted by atomic mass is 10.1.